The van der Waals surface area contributed by atoms with Gasteiger partial charge >= 0.3 is 5.97 Å². The van der Waals surface area contributed by atoms with Gasteiger partial charge < -0.3 is 4.74 Å². The third-order valence-corrected chi connectivity index (χ3v) is 5.40. The van der Waals surface area contributed by atoms with Crippen LogP contribution >= 0.6 is 0 Å². The quantitative estimate of drug-likeness (QED) is 0.760. The van der Waals surface area contributed by atoms with Crippen LogP contribution in [0.1, 0.15) is 62.1 Å². The predicted octanol–water partition coefficient (Wildman–Crippen LogP) is 4.79. The van der Waals surface area contributed by atoms with Crippen LogP contribution in [0, 0.1) is 0 Å². The van der Waals surface area contributed by atoms with Crippen molar-refractivity contribution in [3.05, 3.63) is 46.8 Å². The maximum atomic E-state index is 11.5. The number of rotatable bonds is 4. The molecule has 4 rings (SSSR count). The molecule has 1 heterocycles. The highest BCUT2D eigenvalue weighted by Gasteiger charge is 2.24. The summed E-state index contributed by atoms with van der Waals surface area (Å²) in [6.45, 7) is 4.56. The van der Waals surface area contributed by atoms with Gasteiger partial charge in [-0.3, -0.25) is 9.78 Å². The SMILES string of the molecule is CCC(=O)OCC1=C(c2cc3c4c(cncc4c2)C(C)C3)CCC1. The molecule has 0 spiro atoms. The summed E-state index contributed by atoms with van der Waals surface area (Å²) in [6.07, 6.45) is 8.80. The Balaban J connectivity index is 1.74. The second-order valence-corrected chi connectivity index (χ2v) is 7.02. The molecule has 0 N–H and O–H groups in total. The average Bonchev–Trinajstić information content (AvgIpc) is 3.18. The van der Waals surface area contributed by atoms with Gasteiger partial charge in [-0.1, -0.05) is 19.9 Å². The maximum Gasteiger partial charge on any atom is 0.305 e. The van der Waals surface area contributed by atoms with Gasteiger partial charge in [-0.15, -0.1) is 0 Å². The Morgan fingerprint density at radius 2 is 2.17 bits per heavy atom. The van der Waals surface area contributed by atoms with Gasteiger partial charge in [-0.25, -0.2) is 0 Å². The van der Waals surface area contributed by atoms with Crippen molar-refractivity contribution in [3.8, 4) is 0 Å². The van der Waals surface area contributed by atoms with Crippen LogP contribution in [-0.4, -0.2) is 17.6 Å². The smallest absolute Gasteiger partial charge is 0.305 e. The van der Waals surface area contributed by atoms with E-state index < -0.39 is 0 Å². The molecule has 0 saturated carbocycles. The van der Waals surface area contributed by atoms with E-state index in [1.165, 1.54) is 38.6 Å². The second-order valence-electron chi connectivity index (χ2n) is 7.02. The number of nitrogens with zero attached hydrogens (tertiary/aromatic N) is 1. The molecular weight excluding hydrogens is 298 g/mol. The highest BCUT2D eigenvalue weighted by Crippen LogP contribution is 2.41. The molecule has 0 aliphatic heterocycles. The fourth-order valence-corrected chi connectivity index (χ4v) is 4.18. The molecule has 2 aliphatic rings. The molecule has 2 aliphatic carbocycles. The summed E-state index contributed by atoms with van der Waals surface area (Å²) in [7, 11) is 0. The van der Waals surface area contributed by atoms with Gasteiger partial charge in [0, 0.05) is 24.2 Å². The average molecular weight is 321 g/mol. The summed E-state index contributed by atoms with van der Waals surface area (Å²) in [5.74, 6) is 0.433. The number of hydrogen-bond acceptors (Lipinski definition) is 3. The lowest BCUT2D eigenvalue weighted by molar-refractivity contribution is -0.142. The van der Waals surface area contributed by atoms with Crippen LogP contribution in [0.2, 0.25) is 0 Å². The topological polar surface area (TPSA) is 39.2 Å². The maximum absolute atomic E-state index is 11.5. The first-order valence-electron chi connectivity index (χ1n) is 8.94. The van der Waals surface area contributed by atoms with Crippen LogP contribution < -0.4 is 0 Å². The number of hydrogen-bond donors (Lipinski definition) is 0. The number of carbonyl (C=O) groups excluding carboxylic acids is 1. The summed E-state index contributed by atoms with van der Waals surface area (Å²) in [6, 6.07) is 4.63. The molecule has 0 radical (unpaired) electrons. The lowest BCUT2D eigenvalue weighted by atomic mass is 9.96. The summed E-state index contributed by atoms with van der Waals surface area (Å²) < 4.78 is 5.39. The van der Waals surface area contributed by atoms with Crippen LogP contribution in [0.3, 0.4) is 0 Å². The lowest BCUT2D eigenvalue weighted by Gasteiger charge is -2.11. The molecule has 1 aromatic carbocycles. The molecule has 0 fully saturated rings. The minimum atomic E-state index is -0.117. The largest absolute Gasteiger partial charge is 0.461 e. The zero-order valence-electron chi connectivity index (χ0n) is 14.4. The molecule has 0 saturated heterocycles. The van der Waals surface area contributed by atoms with E-state index in [1.54, 1.807) is 0 Å². The van der Waals surface area contributed by atoms with E-state index >= 15 is 0 Å². The Bertz CT molecular complexity index is 850. The monoisotopic (exact) mass is 321 g/mol. The molecule has 124 valence electrons. The van der Waals surface area contributed by atoms with Gasteiger partial charge in [0.25, 0.3) is 0 Å². The fourth-order valence-electron chi connectivity index (χ4n) is 4.18. The summed E-state index contributed by atoms with van der Waals surface area (Å²) in [4.78, 5) is 15.9. The van der Waals surface area contributed by atoms with Crippen molar-refractivity contribution in [1.29, 1.82) is 0 Å². The van der Waals surface area contributed by atoms with Crippen molar-refractivity contribution in [3.63, 3.8) is 0 Å². The molecule has 3 heteroatoms. The standard InChI is InChI=1S/C21H23NO2/c1-3-20(23)24-12-14-5-4-6-18(14)15-8-16-7-13(2)19-11-22-10-17(9-15)21(16)19/h8-11,13H,3-7,12H2,1-2H3. The van der Waals surface area contributed by atoms with E-state index in [9.17, 15) is 4.79 Å². The number of carbonyl (C=O) groups is 1. The van der Waals surface area contributed by atoms with E-state index in [0.717, 1.165) is 25.7 Å². The molecule has 3 nitrogen and oxygen atoms in total. The van der Waals surface area contributed by atoms with Gasteiger partial charge in [0.1, 0.15) is 6.61 Å². The number of pyridine rings is 1. The van der Waals surface area contributed by atoms with Gasteiger partial charge in [0.2, 0.25) is 0 Å². The minimum absolute atomic E-state index is 0.117. The van der Waals surface area contributed by atoms with E-state index in [1.807, 2.05) is 19.3 Å². The van der Waals surface area contributed by atoms with E-state index in [2.05, 4.69) is 24.0 Å². The highest BCUT2D eigenvalue weighted by atomic mass is 16.5. The zero-order valence-corrected chi connectivity index (χ0v) is 14.4. The van der Waals surface area contributed by atoms with Gasteiger partial charge in [0.05, 0.1) is 0 Å². The minimum Gasteiger partial charge on any atom is -0.461 e. The molecule has 24 heavy (non-hydrogen) atoms. The van der Waals surface area contributed by atoms with E-state index in [0.29, 0.717) is 18.9 Å². The van der Waals surface area contributed by atoms with Gasteiger partial charge in [-0.05, 0) is 70.9 Å². The first-order valence-corrected chi connectivity index (χ1v) is 8.94. The van der Waals surface area contributed by atoms with Crippen molar-refractivity contribution in [1.82, 2.24) is 4.98 Å². The van der Waals surface area contributed by atoms with E-state index in [4.69, 9.17) is 4.74 Å². The number of benzene rings is 1. The third kappa shape index (κ3) is 2.52. The van der Waals surface area contributed by atoms with Crippen LogP contribution in [0.5, 0.6) is 0 Å². The summed E-state index contributed by atoms with van der Waals surface area (Å²) >= 11 is 0. The summed E-state index contributed by atoms with van der Waals surface area (Å²) in [5.41, 5.74) is 6.79. The molecular formula is C21H23NO2. The third-order valence-electron chi connectivity index (χ3n) is 5.40. The molecule has 1 aromatic heterocycles. The molecule has 1 atom stereocenters. The first-order chi connectivity index (χ1) is 11.7. The highest BCUT2D eigenvalue weighted by molar-refractivity contribution is 5.93. The fraction of sp³-hybridized carbons (Fsp3) is 0.429. The van der Waals surface area contributed by atoms with Crippen LogP contribution in [0.15, 0.2) is 30.1 Å². The Morgan fingerprint density at radius 1 is 1.29 bits per heavy atom. The predicted molar refractivity (Wildman–Crippen MR) is 95.9 cm³/mol. The normalized spacial score (nSPS) is 19.3. The number of aromatic nitrogens is 1. The Morgan fingerprint density at radius 3 is 3.00 bits per heavy atom. The Labute approximate surface area is 142 Å². The molecule has 1 unspecified atom stereocenters. The lowest BCUT2D eigenvalue weighted by Crippen LogP contribution is -2.06. The second kappa shape index (κ2) is 6.04. The zero-order chi connectivity index (χ0) is 16.7. The molecule has 0 amide bonds. The van der Waals surface area contributed by atoms with Crippen molar-refractivity contribution in [2.24, 2.45) is 0 Å². The summed E-state index contributed by atoms with van der Waals surface area (Å²) in [5, 5.41) is 2.65. The van der Waals surface area contributed by atoms with Gasteiger partial charge in [-0.2, -0.15) is 0 Å². The van der Waals surface area contributed by atoms with Crippen molar-refractivity contribution < 1.29 is 9.53 Å². The van der Waals surface area contributed by atoms with Crippen LogP contribution in [0.4, 0.5) is 0 Å². The van der Waals surface area contributed by atoms with Crippen molar-refractivity contribution in [2.45, 2.75) is 51.9 Å². The van der Waals surface area contributed by atoms with Crippen molar-refractivity contribution in [2.75, 3.05) is 6.61 Å². The van der Waals surface area contributed by atoms with Crippen molar-refractivity contribution >= 4 is 22.3 Å². The number of ether oxygens (including phenoxy) is 1. The first kappa shape index (κ1) is 15.4. The van der Waals surface area contributed by atoms with E-state index in [-0.39, 0.29) is 5.97 Å². The van der Waals surface area contributed by atoms with Gasteiger partial charge in [0.15, 0.2) is 0 Å². The molecule has 2 aromatic rings. The Hall–Kier alpha value is -2.16. The number of esters is 1. The van der Waals surface area contributed by atoms with Crippen LogP contribution in [-0.2, 0) is 16.0 Å². The Kier molecular flexibility index (Phi) is 3.87. The molecule has 0 bridgehead atoms. The van der Waals surface area contributed by atoms with Crippen LogP contribution in [0.25, 0.3) is 16.3 Å². The number of allylic oxidation sites excluding steroid dienone is 1.